The molecular weight excluding hydrogens is 270 g/mol. The number of hydrogen-bond donors (Lipinski definition) is 0. The molecule has 1 aromatic rings. The molecule has 2 bridgehead atoms. The van der Waals surface area contributed by atoms with E-state index in [9.17, 15) is 4.79 Å². The zero-order valence-electron chi connectivity index (χ0n) is 12.2. The minimum absolute atomic E-state index is 0.0321. The van der Waals surface area contributed by atoms with Crippen LogP contribution in [-0.4, -0.2) is 5.78 Å². The zero-order chi connectivity index (χ0) is 14.5. The van der Waals surface area contributed by atoms with E-state index in [1.165, 1.54) is 0 Å². The summed E-state index contributed by atoms with van der Waals surface area (Å²) in [6.45, 7) is 6.53. The molecule has 0 unspecified atom stereocenters. The Hall–Kier alpha value is -1.28. The van der Waals surface area contributed by atoms with Crippen LogP contribution < -0.4 is 4.42 Å². The highest BCUT2D eigenvalue weighted by atomic mass is 35.5. The topological polar surface area (TPSA) is 20.3 Å². The summed E-state index contributed by atoms with van der Waals surface area (Å²) in [6, 6.07) is 9.71. The number of hydrogen-bond acceptors (Lipinski definition) is 2. The Morgan fingerprint density at radius 2 is 1.90 bits per heavy atom. The van der Waals surface area contributed by atoms with Crippen molar-refractivity contribution in [3.63, 3.8) is 0 Å². The SMILES string of the molecule is CC1(C)[C@H]2CC[C@]1(C)C(=O)C2=CN(Cl)c1ccccc1. The van der Waals surface area contributed by atoms with Crippen LogP contribution in [-0.2, 0) is 4.79 Å². The third-order valence-corrected chi connectivity index (χ3v) is 5.91. The predicted molar refractivity (Wildman–Crippen MR) is 82.5 cm³/mol. The molecular formula is C17H20ClNO. The summed E-state index contributed by atoms with van der Waals surface area (Å²) in [5.41, 5.74) is 1.59. The molecule has 20 heavy (non-hydrogen) atoms. The van der Waals surface area contributed by atoms with Crippen LogP contribution in [0.1, 0.15) is 33.6 Å². The zero-order valence-corrected chi connectivity index (χ0v) is 12.9. The Balaban J connectivity index is 1.96. The van der Waals surface area contributed by atoms with Crippen molar-refractivity contribution in [2.75, 3.05) is 4.42 Å². The van der Waals surface area contributed by atoms with Crippen molar-refractivity contribution in [3.8, 4) is 0 Å². The molecule has 0 saturated heterocycles. The van der Waals surface area contributed by atoms with Gasteiger partial charge in [-0.1, -0.05) is 39.0 Å². The van der Waals surface area contributed by atoms with Crippen molar-refractivity contribution in [3.05, 3.63) is 42.1 Å². The van der Waals surface area contributed by atoms with Gasteiger partial charge in [0.25, 0.3) is 0 Å². The van der Waals surface area contributed by atoms with E-state index in [4.69, 9.17) is 11.8 Å². The number of allylic oxidation sites excluding steroid dienone is 1. The van der Waals surface area contributed by atoms with E-state index in [-0.39, 0.29) is 16.6 Å². The fourth-order valence-electron chi connectivity index (χ4n) is 3.84. The number of para-hydroxylation sites is 1. The van der Waals surface area contributed by atoms with Gasteiger partial charge in [0.15, 0.2) is 5.78 Å². The second-order valence-corrected chi connectivity index (χ2v) is 7.07. The molecule has 2 saturated carbocycles. The minimum atomic E-state index is -0.224. The summed E-state index contributed by atoms with van der Waals surface area (Å²) in [5, 5.41) is 0. The van der Waals surface area contributed by atoms with Crippen molar-refractivity contribution in [1.29, 1.82) is 0 Å². The standard InChI is InChI=1S/C17H20ClNO/c1-16(2)14-9-10-17(16,3)15(20)13(14)11-19(18)12-7-5-4-6-8-12/h4-8,11,14H,9-10H2,1-3H3/t14-,17+/m0/s1. The molecule has 0 amide bonds. The number of carbonyl (C=O) groups is 1. The summed E-state index contributed by atoms with van der Waals surface area (Å²) >= 11 is 6.33. The fourth-order valence-corrected chi connectivity index (χ4v) is 4.06. The number of ketones is 1. The summed E-state index contributed by atoms with van der Waals surface area (Å²) in [4.78, 5) is 12.7. The van der Waals surface area contributed by atoms with Gasteiger partial charge < -0.3 is 0 Å². The van der Waals surface area contributed by atoms with E-state index < -0.39 is 0 Å². The van der Waals surface area contributed by atoms with Gasteiger partial charge in [0, 0.05) is 29.0 Å². The predicted octanol–water partition coefficient (Wildman–Crippen LogP) is 4.56. The van der Waals surface area contributed by atoms with E-state index in [2.05, 4.69) is 20.8 Å². The molecule has 0 N–H and O–H groups in total. The lowest BCUT2D eigenvalue weighted by atomic mass is 9.70. The van der Waals surface area contributed by atoms with Gasteiger partial charge >= 0.3 is 0 Å². The van der Waals surface area contributed by atoms with Crippen LogP contribution in [0.3, 0.4) is 0 Å². The Bertz CT molecular complexity index is 578. The van der Waals surface area contributed by atoms with Crippen molar-refractivity contribution < 1.29 is 4.79 Å². The third-order valence-electron chi connectivity index (χ3n) is 5.62. The highest BCUT2D eigenvalue weighted by molar-refractivity contribution is 6.27. The number of benzene rings is 1. The van der Waals surface area contributed by atoms with Gasteiger partial charge in [-0.05, 0) is 36.3 Å². The monoisotopic (exact) mass is 289 g/mol. The molecule has 0 spiro atoms. The van der Waals surface area contributed by atoms with E-state index in [1.54, 1.807) is 4.42 Å². The molecule has 0 aliphatic heterocycles. The number of halogens is 1. The van der Waals surface area contributed by atoms with Crippen molar-refractivity contribution in [2.24, 2.45) is 16.7 Å². The van der Waals surface area contributed by atoms with Gasteiger partial charge in [-0.2, -0.15) is 0 Å². The minimum Gasteiger partial charge on any atom is -0.294 e. The molecule has 2 fully saturated rings. The normalized spacial score (nSPS) is 32.9. The van der Waals surface area contributed by atoms with Crippen molar-refractivity contribution >= 4 is 23.2 Å². The second kappa shape index (κ2) is 4.36. The average Bonchev–Trinajstić information content (AvgIpc) is 2.74. The summed E-state index contributed by atoms with van der Waals surface area (Å²) in [6.07, 6.45) is 3.91. The molecule has 0 radical (unpaired) electrons. The van der Waals surface area contributed by atoms with Gasteiger partial charge in [-0.15, -0.1) is 0 Å². The number of rotatable bonds is 2. The van der Waals surface area contributed by atoms with Crippen LogP contribution in [0.5, 0.6) is 0 Å². The van der Waals surface area contributed by atoms with Gasteiger partial charge in [0.05, 0.1) is 5.69 Å². The molecule has 2 aliphatic rings. The molecule has 0 heterocycles. The summed E-state index contributed by atoms with van der Waals surface area (Å²) < 4.78 is 1.55. The van der Waals surface area contributed by atoms with E-state index in [1.807, 2.05) is 36.5 Å². The molecule has 2 nitrogen and oxygen atoms in total. The van der Waals surface area contributed by atoms with Gasteiger partial charge in [0.1, 0.15) is 0 Å². The Morgan fingerprint density at radius 1 is 1.25 bits per heavy atom. The maximum absolute atomic E-state index is 12.7. The first-order chi connectivity index (χ1) is 9.38. The Morgan fingerprint density at radius 3 is 2.45 bits per heavy atom. The maximum Gasteiger partial charge on any atom is 0.167 e. The van der Waals surface area contributed by atoms with E-state index >= 15 is 0 Å². The lowest BCUT2D eigenvalue weighted by Gasteiger charge is -2.31. The first-order valence-corrected chi connectivity index (χ1v) is 7.48. The van der Waals surface area contributed by atoms with Crippen LogP contribution in [0.15, 0.2) is 42.1 Å². The van der Waals surface area contributed by atoms with Crippen LogP contribution >= 0.6 is 11.8 Å². The van der Waals surface area contributed by atoms with Crippen LogP contribution in [0.25, 0.3) is 0 Å². The molecule has 3 heteroatoms. The number of fused-ring (bicyclic) bond motifs is 2. The van der Waals surface area contributed by atoms with Crippen molar-refractivity contribution in [1.82, 2.24) is 0 Å². The third kappa shape index (κ3) is 1.67. The van der Waals surface area contributed by atoms with Gasteiger partial charge in [0.2, 0.25) is 0 Å². The Kier molecular flexibility index (Phi) is 2.98. The molecule has 2 aliphatic carbocycles. The first-order valence-electron chi connectivity index (χ1n) is 7.14. The highest BCUT2D eigenvalue weighted by Gasteiger charge is 2.64. The van der Waals surface area contributed by atoms with Gasteiger partial charge in [-0.25, -0.2) is 0 Å². The van der Waals surface area contributed by atoms with Crippen LogP contribution in [0, 0.1) is 16.7 Å². The van der Waals surface area contributed by atoms with Crippen molar-refractivity contribution in [2.45, 2.75) is 33.6 Å². The van der Waals surface area contributed by atoms with Crippen LogP contribution in [0.2, 0.25) is 0 Å². The fraction of sp³-hybridized carbons (Fsp3) is 0.471. The maximum atomic E-state index is 12.7. The smallest absolute Gasteiger partial charge is 0.167 e. The molecule has 3 rings (SSSR count). The van der Waals surface area contributed by atoms with Gasteiger partial charge in [-0.3, -0.25) is 9.21 Å². The summed E-state index contributed by atoms with van der Waals surface area (Å²) in [7, 11) is 0. The quantitative estimate of drug-likeness (QED) is 0.588. The molecule has 1 aromatic carbocycles. The number of nitrogens with zero attached hydrogens (tertiary/aromatic N) is 1. The lowest BCUT2D eigenvalue weighted by Crippen LogP contribution is -2.32. The number of anilines is 1. The molecule has 2 atom stereocenters. The average molecular weight is 290 g/mol. The highest BCUT2D eigenvalue weighted by Crippen LogP contribution is 2.65. The number of carbonyl (C=O) groups excluding carboxylic acids is 1. The molecule has 0 aromatic heterocycles. The first kappa shape index (κ1) is 13.7. The lowest BCUT2D eigenvalue weighted by molar-refractivity contribution is -0.125. The van der Waals surface area contributed by atoms with Crippen LogP contribution in [0.4, 0.5) is 5.69 Å². The second-order valence-electron chi connectivity index (χ2n) is 6.71. The largest absolute Gasteiger partial charge is 0.294 e. The Labute approximate surface area is 125 Å². The number of Topliss-reactive ketones (excluding diaryl/α,β-unsaturated/α-hetero) is 1. The van der Waals surface area contributed by atoms with E-state index in [0.717, 1.165) is 24.1 Å². The van der Waals surface area contributed by atoms with E-state index in [0.29, 0.717) is 5.92 Å². The molecule has 106 valence electrons. The summed E-state index contributed by atoms with van der Waals surface area (Å²) in [5.74, 6) is 0.602.